The molecule has 0 bridgehead atoms. The number of carbonyl (C=O) groups excluding carboxylic acids is 1. The van der Waals surface area contributed by atoms with Crippen LogP contribution in [0.15, 0.2) is 30.5 Å². The molecule has 6 heterocycles. The molecule has 240 valence electrons. The predicted molar refractivity (Wildman–Crippen MR) is 166 cm³/mol. The number of carbonyl (C=O) groups is 1. The second-order valence-corrected chi connectivity index (χ2v) is 12.8. The van der Waals surface area contributed by atoms with Crippen LogP contribution >= 0.6 is 0 Å². The maximum absolute atomic E-state index is 16.8. The first kappa shape index (κ1) is 29.0. The minimum Gasteiger partial charge on any atom is -0.508 e. The lowest BCUT2D eigenvalue weighted by atomic mass is 9.94. The Balaban J connectivity index is 1.26. The normalized spacial score (nSPS) is 24.6. The Morgan fingerprint density at radius 1 is 1.15 bits per heavy atom. The van der Waals surface area contributed by atoms with Crippen LogP contribution in [0.25, 0.3) is 32.9 Å². The molecule has 2 amide bonds. The summed E-state index contributed by atoms with van der Waals surface area (Å²) >= 11 is 0. The number of hydrogen-bond acceptors (Lipinski definition) is 8. The summed E-state index contributed by atoms with van der Waals surface area (Å²) in [6.45, 7) is 5.02. The van der Waals surface area contributed by atoms with Gasteiger partial charge in [-0.3, -0.25) is 9.88 Å². The smallest absolute Gasteiger partial charge is 0.319 e. The highest BCUT2D eigenvalue weighted by Crippen LogP contribution is 2.42. The number of hydrogen-bond donors (Lipinski definition) is 2. The van der Waals surface area contributed by atoms with Gasteiger partial charge in [0.15, 0.2) is 5.82 Å². The van der Waals surface area contributed by atoms with Crippen molar-refractivity contribution in [3.63, 3.8) is 0 Å². The molecular weight excluding hydrogens is 599 g/mol. The predicted octanol–water partition coefficient (Wildman–Crippen LogP) is 4.56. The third kappa shape index (κ3) is 4.57. The van der Waals surface area contributed by atoms with Crippen molar-refractivity contribution in [2.24, 2.45) is 0 Å². The van der Waals surface area contributed by atoms with E-state index >= 15 is 4.39 Å². The molecule has 2 aromatic heterocycles. The Kier molecular flexibility index (Phi) is 6.85. The molecule has 46 heavy (non-hydrogen) atoms. The minimum atomic E-state index is -0.933. The Morgan fingerprint density at radius 3 is 2.87 bits per heavy atom. The molecule has 13 heteroatoms. The van der Waals surface area contributed by atoms with Gasteiger partial charge in [-0.1, -0.05) is 13.0 Å². The van der Waals surface area contributed by atoms with Crippen LogP contribution in [0.1, 0.15) is 31.7 Å². The molecule has 0 spiro atoms. The first-order valence-electron chi connectivity index (χ1n) is 15.9. The van der Waals surface area contributed by atoms with Gasteiger partial charge in [0.1, 0.15) is 41.4 Å². The third-order valence-corrected chi connectivity index (χ3v) is 10.2. The standard InChI is InChI=1S/C33H34F3N7O3/c1-2-22-25(35)5-4-18-10-21(44)11-23(26(18)22)28-27(36)29-24(14-37-28)30(41-8-9-43-20(16-41)13-38-32(43)45)40-31(39-29)46-17-33-6-3-7-42(33)15-19(34)12-33/h4-5,10-11,14,19-20,44H,2-3,6-9,12-13,15-17H2,1H3,(H,38,45)/t19-,20?,33?/m1/s1. The number of aromatic hydroxyl groups is 1. The fraction of sp³-hybridized carbons (Fsp3) is 0.455. The van der Waals surface area contributed by atoms with Crippen molar-refractivity contribution < 1.29 is 27.8 Å². The summed E-state index contributed by atoms with van der Waals surface area (Å²) in [5, 5.41) is 14.8. The number of aromatic nitrogens is 3. The summed E-state index contributed by atoms with van der Waals surface area (Å²) in [6, 6.07) is 5.57. The topological polar surface area (TPSA) is 107 Å². The summed E-state index contributed by atoms with van der Waals surface area (Å²) in [5.41, 5.74) is 0.0633. The van der Waals surface area contributed by atoms with E-state index < -0.39 is 23.3 Å². The summed E-state index contributed by atoms with van der Waals surface area (Å²) in [6.07, 6.45) is 3.02. The number of aryl methyl sites for hydroxylation is 1. The van der Waals surface area contributed by atoms with Crippen LogP contribution in [0.3, 0.4) is 0 Å². The van der Waals surface area contributed by atoms with E-state index in [9.17, 15) is 18.7 Å². The number of halogens is 3. The number of benzene rings is 2. The molecule has 2 aromatic carbocycles. The Hall–Kier alpha value is -4.39. The number of piperazine rings is 1. The molecule has 4 fully saturated rings. The van der Waals surface area contributed by atoms with Crippen LogP contribution in [0.5, 0.6) is 11.8 Å². The molecule has 0 aliphatic carbocycles. The van der Waals surface area contributed by atoms with Crippen molar-refractivity contribution in [3.05, 3.63) is 47.7 Å². The first-order chi connectivity index (χ1) is 22.2. The average Bonchev–Trinajstić information content (AvgIpc) is 3.71. The number of ether oxygens (including phenoxy) is 1. The zero-order valence-corrected chi connectivity index (χ0v) is 25.4. The van der Waals surface area contributed by atoms with E-state index in [1.807, 2.05) is 11.8 Å². The van der Waals surface area contributed by atoms with Gasteiger partial charge in [-0.25, -0.2) is 18.0 Å². The number of alkyl halides is 1. The van der Waals surface area contributed by atoms with E-state index in [4.69, 9.17) is 9.72 Å². The largest absolute Gasteiger partial charge is 0.508 e. The molecule has 10 nitrogen and oxygen atoms in total. The number of phenols is 1. The quantitative estimate of drug-likeness (QED) is 0.319. The number of anilines is 1. The molecule has 4 aliphatic heterocycles. The van der Waals surface area contributed by atoms with Crippen molar-refractivity contribution in [2.45, 2.75) is 50.4 Å². The lowest BCUT2D eigenvalue weighted by molar-refractivity contribution is 0.107. The number of fused-ring (bicyclic) bond motifs is 4. The van der Waals surface area contributed by atoms with Crippen molar-refractivity contribution in [1.29, 1.82) is 0 Å². The summed E-state index contributed by atoms with van der Waals surface area (Å²) in [5.74, 6) is -0.866. The van der Waals surface area contributed by atoms with Gasteiger partial charge < -0.3 is 25.0 Å². The van der Waals surface area contributed by atoms with Crippen LogP contribution in [0.4, 0.5) is 23.8 Å². The molecule has 3 atom stereocenters. The van der Waals surface area contributed by atoms with Crippen molar-refractivity contribution in [1.82, 2.24) is 30.1 Å². The lowest BCUT2D eigenvalue weighted by Gasteiger charge is -2.37. The van der Waals surface area contributed by atoms with Gasteiger partial charge in [0.05, 0.1) is 17.0 Å². The highest BCUT2D eigenvalue weighted by molar-refractivity contribution is 6.01. The van der Waals surface area contributed by atoms with Crippen molar-refractivity contribution in [3.8, 4) is 23.0 Å². The van der Waals surface area contributed by atoms with Crippen LogP contribution in [0, 0.1) is 11.6 Å². The van der Waals surface area contributed by atoms with Gasteiger partial charge in [0, 0.05) is 50.9 Å². The van der Waals surface area contributed by atoms with Gasteiger partial charge in [-0.05, 0) is 60.3 Å². The summed E-state index contributed by atoms with van der Waals surface area (Å²) < 4.78 is 52.5. The Bertz CT molecular complexity index is 1890. The van der Waals surface area contributed by atoms with Crippen LogP contribution in [-0.2, 0) is 6.42 Å². The summed E-state index contributed by atoms with van der Waals surface area (Å²) in [4.78, 5) is 32.0. The van der Waals surface area contributed by atoms with Crippen LogP contribution in [0.2, 0.25) is 0 Å². The molecular formula is C33H34F3N7O3. The zero-order chi connectivity index (χ0) is 31.7. The lowest BCUT2D eigenvalue weighted by Crippen LogP contribution is -2.52. The van der Waals surface area contributed by atoms with Gasteiger partial charge in [0.25, 0.3) is 0 Å². The highest BCUT2D eigenvalue weighted by Gasteiger charge is 2.49. The van der Waals surface area contributed by atoms with E-state index in [1.165, 1.54) is 24.4 Å². The maximum Gasteiger partial charge on any atom is 0.319 e. The van der Waals surface area contributed by atoms with E-state index in [-0.39, 0.29) is 47.2 Å². The van der Waals surface area contributed by atoms with Crippen molar-refractivity contribution in [2.75, 3.05) is 50.8 Å². The monoisotopic (exact) mass is 633 g/mol. The second-order valence-electron chi connectivity index (χ2n) is 12.8. The molecule has 4 aliphatic rings. The van der Waals surface area contributed by atoms with Gasteiger partial charge in [-0.2, -0.15) is 9.97 Å². The number of amides is 2. The molecule has 4 saturated heterocycles. The molecule has 2 unspecified atom stereocenters. The molecule has 4 aromatic rings. The average molecular weight is 634 g/mol. The first-order valence-corrected chi connectivity index (χ1v) is 15.9. The number of phenolic OH excluding ortho intramolecular Hbond substituents is 1. The third-order valence-electron chi connectivity index (χ3n) is 10.2. The Labute approximate surface area is 263 Å². The second kappa shape index (κ2) is 10.9. The SMILES string of the molecule is CCc1c(F)ccc2cc(O)cc(-c3ncc4c(N5CCN6C(=O)NCC6C5)nc(OCC56CCCN5C[C@H](F)C6)nc4c3F)c12. The number of pyridine rings is 1. The van der Waals surface area contributed by atoms with Gasteiger partial charge in [-0.15, -0.1) is 0 Å². The van der Waals surface area contributed by atoms with E-state index in [0.29, 0.717) is 73.1 Å². The van der Waals surface area contributed by atoms with Crippen molar-refractivity contribution >= 4 is 33.5 Å². The minimum absolute atomic E-state index is 0.0328. The highest BCUT2D eigenvalue weighted by atomic mass is 19.1. The molecule has 8 rings (SSSR count). The van der Waals surface area contributed by atoms with E-state index in [0.717, 1.165) is 19.4 Å². The Morgan fingerprint density at radius 2 is 2.02 bits per heavy atom. The molecule has 0 saturated carbocycles. The summed E-state index contributed by atoms with van der Waals surface area (Å²) in [7, 11) is 0. The fourth-order valence-corrected chi connectivity index (χ4v) is 7.99. The fourth-order valence-electron chi connectivity index (χ4n) is 7.99. The number of urea groups is 1. The zero-order valence-electron chi connectivity index (χ0n) is 25.4. The maximum atomic E-state index is 16.8. The van der Waals surface area contributed by atoms with Gasteiger partial charge >= 0.3 is 12.0 Å². The van der Waals surface area contributed by atoms with Crippen LogP contribution in [-0.4, -0.2) is 99.5 Å². The number of rotatable bonds is 6. The van der Waals surface area contributed by atoms with Gasteiger partial charge in [0.2, 0.25) is 0 Å². The number of nitrogens with one attached hydrogen (secondary N) is 1. The molecule has 2 N–H and O–H groups in total. The van der Waals surface area contributed by atoms with E-state index in [2.05, 4.69) is 20.2 Å². The molecule has 0 radical (unpaired) electrons. The van der Waals surface area contributed by atoms with Crippen LogP contribution < -0.4 is 15.0 Å². The number of nitrogens with zero attached hydrogens (tertiary/aromatic N) is 6. The van der Waals surface area contributed by atoms with E-state index in [1.54, 1.807) is 11.0 Å².